The van der Waals surface area contributed by atoms with Crippen LogP contribution in [0.25, 0.3) is 0 Å². The van der Waals surface area contributed by atoms with Crippen LogP contribution in [0.1, 0.15) is 63.9 Å². The minimum absolute atomic E-state index is 0.0135. The number of unbranched alkanes of at least 4 members (excludes halogenated alkanes) is 5. The van der Waals surface area contributed by atoms with Crippen LogP contribution in [0.5, 0.6) is 0 Å². The van der Waals surface area contributed by atoms with Gasteiger partial charge in [-0.3, -0.25) is 9.59 Å². The second-order valence-electron chi connectivity index (χ2n) is 6.02. The lowest BCUT2D eigenvalue weighted by molar-refractivity contribution is -0.151. The lowest BCUT2D eigenvalue weighted by atomic mass is 10.1. The van der Waals surface area contributed by atoms with E-state index in [0.29, 0.717) is 6.61 Å². The van der Waals surface area contributed by atoms with Crippen LogP contribution >= 0.6 is 0 Å². The number of ether oxygens (including phenoxy) is 2. The Morgan fingerprint density at radius 1 is 0.846 bits per heavy atom. The van der Waals surface area contributed by atoms with E-state index in [0.717, 1.165) is 31.4 Å². The monoisotopic (exact) mass is 374 g/mol. The number of hydrogen-bond acceptors (Lipinski definition) is 4. The van der Waals surface area contributed by atoms with Gasteiger partial charge in [-0.15, -0.1) is 0 Å². The summed E-state index contributed by atoms with van der Waals surface area (Å²) in [6, 6.07) is 1.50. The molecule has 0 saturated heterocycles. The van der Waals surface area contributed by atoms with Crippen LogP contribution in [-0.4, -0.2) is 18.5 Å². The molecule has 0 amide bonds. The standard InChI is InChI=1S/C19H25F3O4/c1-2-3-4-5-6-7-10-25-17(23)8-9-18(24)26-13-14-11-15(20)19(22)16(21)12-14/h11-12H,2-10,13H2,1H3. The normalized spacial score (nSPS) is 10.6. The zero-order valence-electron chi connectivity index (χ0n) is 15.0. The molecule has 1 aromatic carbocycles. The first-order valence-corrected chi connectivity index (χ1v) is 8.88. The highest BCUT2D eigenvalue weighted by Gasteiger charge is 2.13. The van der Waals surface area contributed by atoms with Crippen molar-refractivity contribution in [2.75, 3.05) is 6.61 Å². The highest BCUT2D eigenvalue weighted by molar-refractivity contribution is 5.77. The SMILES string of the molecule is CCCCCCCCOC(=O)CCC(=O)OCc1cc(F)c(F)c(F)c1. The van der Waals surface area contributed by atoms with Gasteiger partial charge < -0.3 is 9.47 Å². The summed E-state index contributed by atoms with van der Waals surface area (Å²) in [5.74, 6) is -5.47. The van der Waals surface area contributed by atoms with Crippen molar-refractivity contribution in [3.8, 4) is 0 Å². The fraction of sp³-hybridized carbons (Fsp3) is 0.579. The number of halogens is 3. The third-order valence-electron chi connectivity index (χ3n) is 3.74. The van der Waals surface area contributed by atoms with E-state index in [9.17, 15) is 22.8 Å². The minimum Gasteiger partial charge on any atom is -0.466 e. The number of rotatable bonds is 12. The molecule has 0 atom stereocenters. The van der Waals surface area contributed by atoms with Crippen molar-refractivity contribution >= 4 is 11.9 Å². The Morgan fingerprint density at radius 3 is 2.00 bits per heavy atom. The van der Waals surface area contributed by atoms with E-state index in [4.69, 9.17) is 9.47 Å². The van der Waals surface area contributed by atoms with Gasteiger partial charge in [0, 0.05) is 0 Å². The van der Waals surface area contributed by atoms with Crippen LogP contribution < -0.4 is 0 Å². The van der Waals surface area contributed by atoms with E-state index in [1.807, 2.05) is 0 Å². The van der Waals surface area contributed by atoms with Crippen LogP contribution in [-0.2, 0) is 25.7 Å². The fourth-order valence-electron chi connectivity index (χ4n) is 2.27. The second-order valence-corrected chi connectivity index (χ2v) is 6.02. The highest BCUT2D eigenvalue weighted by Crippen LogP contribution is 2.14. The quantitative estimate of drug-likeness (QED) is 0.299. The molecule has 0 fully saturated rings. The van der Waals surface area contributed by atoms with Gasteiger partial charge in [-0.1, -0.05) is 39.0 Å². The maximum Gasteiger partial charge on any atom is 0.306 e. The van der Waals surface area contributed by atoms with Crippen molar-refractivity contribution in [1.82, 2.24) is 0 Å². The summed E-state index contributed by atoms with van der Waals surface area (Å²) in [6.07, 6.45) is 6.15. The molecule has 1 aromatic rings. The molecule has 0 radical (unpaired) electrons. The van der Waals surface area contributed by atoms with Gasteiger partial charge >= 0.3 is 11.9 Å². The summed E-state index contributed by atoms with van der Waals surface area (Å²) in [5, 5.41) is 0. The number of carbonyl (C=O) groups excluding carboxylic acids is 2. The molecule has 0 aliphatic heterocycles. The zero-order chi connectivity index (χ0) is 19.4. The summed E-state index contributed by atoms with van der Waals surface area (Å²) >= 11 is 0. The van der Waals surface area contributed by atoms with E-state index in [-0.39, 0.29) is 18.4 Å². The molecule has 0 aliphatic carbocycles. The van der Waals surface area contributed by atoms with Gasteiger partial charge in [-0.2, -0.15) is 0 Å². The van der Waals surface area contributed by atoms with Gasteiger partial charge in [-0.05, 0) is 24.1 Å². The van der Waals surface area contributed by atoms with E-state index in [2.05, 4.69) is 6.92 Å². The van der Waals surface area contributed by atoms with Crippen LogP contribution in [0.4, 0.5) is 13.2 Å². The molecule has 0 N–H and O–H groups in total. The Hall–Kier alpha value is -2.05. The predicted octanol–water partition coefficient (Wildman–Crippen LogP) is 4.83. The van der Waals surface area contributed by atoms with Gasteiger partial charge in [0.2, 0.25) is 0 Å². The van der Waals surface area contributed by atoms with Crippen molar-refractivity contribution in [2.45, 2.75) is 64.9 Å². The topological polar surface area (TPSA) is 52.6 Å². The first-order chi connectivity index (χ1) is 12.4. The molecular formula is C19H25F3O4. The lowest BCUT2D eigenvalue weighted by Gasteiger charge is -2.07. The predicted molar refractivity (Wildman–Crippen MR) is 89.7 cm³/mol. The molecule has 0 bridgehead atoms. The average Bonchev–Trinajstić information content (AvgIpc) is 2.61. The van der Waals surface area contributed by atoms with Crippen molar-refractivity contribution in [3.05, 3.63) is 35.1 Å². The molecule has 4 nitrogen and oxygen atoms in total. The molecule has 1 rings (SSSR count). The number of carbonyl (C=O) groups is 2. The summed E-state index contributed by atoms with van der Waals surface area (Å²) in [7, 11) is 0. The Balaban J connectivity index is 2.15. The first-order valence-electron chi connectivity index (χ1n) is 8.88. The molecule has 0 heterocycles. The third kappa shape index (κ3) is 8.87. The number of hydrogen-bond donors (Lipinski definition) is 0. The maximum atomic E-state index is 13.0. The molecule has 146 valence electrons. The van der Waals surface area contributed by atoms with E-state index >= 15 is 0 Å². The van der Waals surface area contributed by atoms with Crippen LogP contribution in [0.2, 0.25) is 0 Å². The van der Waals surface area contributed by atoms with Crippen molar-refractivity contribution < 1.29 is 32.2 Å². The third-order valence-corrected chi connectivity index (χ3v) is 3.74. The smallest absolute Gasteiger partial charge is 0.306 e. The van der Waals surface area contributed by atoms with E-state index in [1.165, 1.54) is 19.3 Å². The van der Waals surface area contributed by atoms with Crippen molar-refractivity contribution in [1.29, 1.82) is 0 Å². The maximum absolute atomic E-state index is 13.0. The second kappa shape index (κ2) is 12.3. The van der Waals surface area contributed by atoms with E-state index < -0.39 is 36.0 Å². The van der Waals surface area contributed by atoms with Gasteiger partial charge in [-0.25, -0.2) is 13.2 Å². The van der Waals surface area contributed by atoms with Crippen LogP contribution in [0.3, 0.4) is 0 Å². The largest absolute Gasteiger partial charge is 0.466 e. The summed E-state index contributed by atoms with van der Waals surface area (Å²) in [4.78, 5) is 23.1. The Morgan fingerprint density at radius 2 is 1.38 bits per heavy atom. The molecule has 0 unspecified atom stereocenters. The van der Waals surface area contributed by atoms with E-state index in [1.54, 1.807) is 0 Å². The van der Waals surface area contributed by atoms with Gasteiger partial charge in [0.1, 0.15) is 6.61 Å². The Labute approximate surface area is 151 Å². The lowest BCUT2D eigenvalue weighted by Crippen LogP contribution is -2.11. The molecule has 7 heteroatoms. The van der Waals surface area contributed by atoms with Gasteiger partial charge in [0.25, 0.3) is 0 Å². The van der Waals surface area contributed by atoms with Crippen LogP contribution in [0, 0.1) is 17.5 Å². The summed E-state index contributed by atoms with van der Waals surface area (Å²) in [5.41, 5.74) is -0.0135. The fourth-order valence-corrected chi connectivity index (χ4v) is 2.27. The Kier molecular flexibility index (Phi) is 10.4. The average molecular weight is 374 g/mol. The van der Waals surface area contributed by atoms with Crippen molar-refractivity contribution in [2.24, 2.45) is 0 Å². The molecule has 26 heavy (non-hydrogen) atoms. The molecular weight excluding hydrogens is 349 g/mol. The number of benzene rings is 1. The molecule has 0 aromatic heterocycles. The minimum atomic E-state index is -1.58. The summed E-state index contributed by atoms with van der Waals surface area (Å²) in [6.45, 7) is 2.07. The van der Waals surface area contributed by atoms with Gasteiger partial charge in [0.05, 0.1) is 19.4 Å². The van der Waals surface area contributed by atoms with Crippen LogP contribution in [0.15, 0.2) is 12.1 Å². The highest BCUT2D eigenvalue weighted by atomic mass is 19.2. The molecule has 0 saturated carbocycles. The zero-order valence-corrected chi connectivity index (χ0v) is 15.0. The number of esters is 2. The first kappa shape index (κ1) is 22.0. The Bertz CT molecular complexity index is 567. The molecule has 0 aliphatic rings. The van der Waals surface area contributed by atoms with Gasteiger partial charge in [0.15, 0.2) is 17.5 Å². The summed E-state index contributed by atoms with van der Waals surface area (Å²) < 4.78 is 48.7. The van der Waals surface area contributed by atoms with Crippen molar-refractivity contribution in [3.63, 3.8) is 0 Å². The molecule has 0 spiro atoms.